The molecule has 1 heterocycles. The first-order valence-electron chi connectivity index (χ1n) is 9.14. The van der Waals surface area contributed by atoms with Gasteiger partial charge in [0.15, 0.2) is 10.9 Å². The second-order valence-electron chi connectivity index (χ2n) is 6.45. The van der Waals surface area contributed by atoms with Crippen molar-refractivity contribution in [3.05, 3.63) is 59.1 Å². The van der Waals surface area contributed by atoms with Crippen molar-refractivity contribution in [1.82, 2.24) is 9.97 Å². The number of aromatic nitrogens is 2. The van der Waals surface area contributed by atoms with E-state index in [1.807, 2.05) is 13.0 Å². The van der Waals surface area contributed by atoms with Crippen LogP contribution in [-0.2, 0) is 10.0 Å². The Balaban J connectivity index is 1.70. The van der Waals surface area contributed by atoms with Gasteiger partial charge in [0, 0.05) is 22.5 Å². The highest BCUT2D eigenvalue weighted by Crippen LogP contribution is 2.23. The number of ether oxygens (including phenoxy) is 2. The smallest absolute Gasteiger partial charge is 0.321 e. The number of thiocarbonyl (C=S) groups is 1. The summed E-state index contributed by atoms with van der Waals surface area (Å²) in [6.07, 6.45) is 0. The van der Waals surface area contributed by atoms with Crippen LogP contribution in [0.5, 0.6) is 11.9 Å². The molecule has 168 valence electrons. The quantitative estimate of drug-likeness (QED) is 0.419. The molecule has 0 unspecified atom stereocenters. The lowest BCUT2D eigenvalue weighted by atomic mass is 10.2. The van der Waals surface area contributed by atoms with Gasteiger partial charge in [-0.1, -0.05) is 17.7 Å². The van der Waals surface area contributed by atoms with E-state index < -0.39 is 10.0 Å². The average molecular weight is 494 g/mol. The maximum atomic E-state index is 12.7. The minimum Gasteiger partial charge on any atom is -0.481 e. The van der Waals surface area contributed by atoms with Crippen molar-refractivity contribution < 1.29 is 17.9 Å². The van der Waals surface area contributed by atoms with Gasteiger partial charge < -0.3 is 20.1 Å². The molecule has 0 saturated carbocycles. The number of hydrogen-bond donors (Lipinski definition) is 3. The van der Waals surface area contributed by atoms with Crippen LogP contribution in [0.15, 0.2) is 53.4 Å². The summed E-state index contributed by atoms with van der Waals surface area (Å²) in [6.45, 7) is 1.93. The number of rotatable bonds is 7. The minimum absolute atomic E-state index is 0.0122. The first-order chi connectivity index (χ1) is 15.2. The maximum absolute atomic E-state index is 12.7. The van der Waals surface area contributed by atoms with Gasteiger partial charge in [-0.25, -0.2) is 8.42 Å². The van der Waals surface area contributed by atoms with Crippen LogP contribution < -0.4 is 24.8 Å². The number of hydrogen-bond acceptors (Lipinski definition) is 7. The van der Waals surface area contributed by atoms with E-state index in [-0.39, 0.29) is 22.6 Å². The Hall–Kier alpha value is -3.15. The Morgan fingerprint density at radius 3 is 2.38 bits per heavy atom. The van der Waals surface area contributed by atoms with E-state index in [1.54, 1.807) is 24.3 Å². The number of benzene rings is 2. The largest absolute Gasteiger partial charge is 0.481 e. The SMILES string of the molecule is COc1cc(NS(=O)(=O)c2ccc(NC(=S)Nc3cc(Cl)ccc3C)cc2)nc(OC)n1. The molecule has 9 nitrogen and oxygen atoms in total. The van der Waals surface area contributed by atoms with Crippen molar-refractivity contribution in [3.8, 4) is 11.9 Å². The number of halogens is 1. The second kappa shape index (κ2) is 9.98. The summed E-state index contributed by atoms with van der Waals surface area (Å²) in [5.74, 6) is 0.170. The molecule has 0 radical (unpaired) electrons. The van der Waals surface area contributed by atoms with E-state index >= 15 is 0 Å². The summed E-state index contributed by atoms with van der Waals surface area (Å²) >= 11 is 11.4. The molecule has 0 saturated heterocycles. The Labute approximate surface area is 196 Å². The third-order valence-corrected chi connectivity index (χ3v) is 5.99. The summed E-state index contributed by atoms with van der Waals surface area (Å²) in [4.78, 5) is 7.93. The van der Waals surface area contributed by atoms with Gasteiger partial charge in [0.25, 0.3) is 10.0 Å². The summed E-state index contributed by atoms with van der Waals surface area (Å²) in [7, 11) is -1.14. The van der Waals surface area contributed by atoms with Crippen molar-refractivity contribution in [3.63, 3.8) is 0 Å². The number of nitrogens with zero attached hydrogens (tertiary/aromatic N) is 2. The van der Waals surface area contributed by atoms with Crippen LogP contribution in [0.2, 0.25) is 5.02 Å². The molecule has 1 aromatic heterocycles. The predicted molar refractivity (Wildman–Crippen MR) is 128 cm³/mol. The molecule has 0 fully saturated rings. The lowest BCUT2D eigenvalue weighted by Crippen LogP contribution is -2.20. The Bertz CT molecular complexity index is 1210. The summed E-state index contributed by atoms with van der Waals surface area (Å²) < 4.78 is 37.8. The molecular formula is C20H20ClN5O4S2. The van der Waals surface area contributed by atoms with Crippen molar-refractivity contribution in [2.45, 2.75) is 11.8 Å². The number of anilines is 3. The van der Waals surface area contributed by atoms with E-state index in [4.69, 9.17) is 33.3 Å². The minimum atomic E-state index is -3.91. The highest BCUT2D eigenvalue weighted by Gasteiger charge is 2.17. The highest BCUT2D eigenvalue weighted by molar-refractivity contribution is 7.92. The molecule has 0 spiro atoms. The van der Waals surface area contributed by atoms with Crippen LogP contribution in [0.25, 0.3) is 0 Å². The van der Waals surface area contributed by atoms with E-state index in [1.165, 1.54) is 32.4 Å². The Morgan fingerprint density at radius 2 is 1.72 bits per heavy atom. The molecule has 0 bridgehead atoms. The number of methoxy groups -OCH3 is 2. The van der Waals surface area contributed by atoms with Crippen molar-refractivity contribution in [1.29, 1.82) is 0 Å². The molecule has 2 aromatic carbocycles. The molecule has 0 aliphatic heterocycles. The third kappa shape index (κ3) is 5.96. The Morgan fingerprint density at radius 1 is 1.00 bits per heavy atom. The van der Waals surface area contributed by atoms with Crippen LogP contribution in [0.3, 0.4) is 0 Å². The van der Waals surface area contributed by atoms with E-state index in [0.717, 1.165) is 11.3 Å². The standard InChI is InChI=1S/C20H20ClN5O4S2/c1-12-4-5-13(21)10-16(12)23-20(31)22-14-6-8-15(9-7-14)32(27,28)26-17-11-18(29-2)25-19(24-17)30-3/h4-11H,1-3H3,(H2,22,23,31)(H,24,25,26). The molecule has 12 heteroatoms. The first-order valence-corrected chi connectivity index (χ1v) is 11.4. The van der Waals surface area contributed by atoms with Gasteiger partial charge in [0.05, 0.1) is 19.1 Å². The average Bonchev–Trinajstić information content (AvgIpc) is 2.76. The summed E-state index contributed by atoms with van der Waals surface area (Å²) in [6, 6.07) is 12.8. The van der Waals surface area contributed by atoms with Gasteiger partial charge in [-0.3, -0.25) is 4.72 Å². The number of aryl methyl sites for hydroxylation is 1. The monoisotopic (exact) mass is 493 g/mol. The summed E-state index contributed by atoms with van der Waals surface area (Å²) in [5.41, 5.74) is 2.35. The molecule has 3 N–H and O–H groups in total. The lowest BCUT2D eigenvalue weighted by molar-refractivity contribution is 0.353. The van der Waals surface area contributed by atoms with Gasteiger partial charge in [-0.05, 0) is 61.1 Å². The van der Waals surface area contributed by atoms with Crippen LogP contribution in [0, 0.1) is 6.92 Å². The molecular weight excluding hydrogens is 474 g/mol. The van der Waals surface area contributed by atoms with Crippen molar-refractivity contribution in [2.75, 3.05) is 29.6 Å². The van der Waals surface area contributed by atoms with E-state index in [9.17, 15) is 8.42 Å². The fraction of sp³-hybridized carbons (Fsp3) is 0.150. The van der Waals surface area contributed by atoms with Crippen LogP contribution >= 0.6 is 23.8 Å². The third-order valence-electron chi connectivity index (χ3n) is 4.18. The maximum Gasteiger partial charge on any atom is 0.321 e. The second-order valence-corrected chi connectivity index (χ2v) is 8.98. The van der Waals surface area contributed by atoms with Crippen LogP contribution in [0.4, 0.5) is 17.2 Å². The molecule has 0 amide bonds. The predicted octanol–water partition coefficient (Wildman–Crippen LogP) is 4.07. The van der Waals surface area contributed by atoms with E-state index in [0.29, 0.717) is 15.8 Å². The van der Waals surface area contributed by atoms with E-state index in [2.05, 4.69) is 25.3 Å². The fourth-order valence-electron chi connectivity index (χ4n) is 2.58. The first kappa shape index (κ1) is 23.5. The number of sulfonamides is 1. The Kier molecular flexibility index (Phi) is 7.33. The van der Waals surface area contributed by atoms with Crippen molar-refractivity contribution in [2.24, 2.45) is 0 Å². The zero-order valence-corrected chi connectivity index (χ0v) is 19.7. The molecule has 0 atom stereocenters. The zero-order chi connectivity index (χ0) is 23.3. The van der Waals surface area contributed by atoms with Gasteiger partial charge >= 0.3 is 6.01 Å². The molecule has 3 rings (SSSR count). The number of nitrogens with one attached hydrogen (secondary N) is 3. The van der Waals surface area contributed by atoms with Gasteiger partial charge in [-0.15, -0.1) is 0 Å². The molecule has 3 aromatic rings. The molecule has 0 aliphatic rings. The molecule has 0 aliphatic carbocycles. The summed E-state index contributed by atoms with van der Waals surface area (Å²) in [5, 5.41) is 6.99. The zero-order valence-electron chi connectivity index (χ0n) is 17.3. The lowest BCUT2D eigenvalue weighted by Gasteiger charge is -2.13. The van der Waals surface area contributed by atoms with Crippen molar-refractivity contribution >= 4 is 56.1 Å². The topological polar surface area (TPSA) is 114 Å². The van der Waals surface area contributed by atoms with Crippen LogP contribution in [-0.4, -0.2) is 37.7 Å². The highest BCUT2D eigenvalue weighted by atomic mass is 35.5. The van der Waals surface area contributed by atoms with Gasteiger partial charge in [-0.2, -0.15) is 9.97 Å². The van der Waals surface area contributed by atoms with Gasteiger partial charge in [0.2, 0.25) is 5.88 Å². The van der Waals surface area contributed by atoms with Crippen LogP contribution in [0.1, 0.15) is 5.56 Å². The van der Waals surface area contributed by atoms with Gasteiger partial charge in [0.1, 0.15) is 0 Å². The fourth-order valence-corrected chi connectivity index (χ4v) is 3.97. The normalized spacial score (nSPS) is 10.9. The molecule has 32 heavy (non-hydrogen) atoms.